The van der Waals surface area contributed by atoms with Crippen LogP contribution in [0.3, 0.4) is 0 Å². The van der Waals surface area contributed by atoms with Crippen molar-refractivity contribution in [3.63, 3.8) is 0 Å². The van der Waals surface area contributed by atoms with E-state index in [1.807, 2.05) is 18.2 Å². The minimum Gasteiger partial charge on any atom is -1.00 e. The molecular formula is C10H15NaO. The van der Waals surface area contributed by atoms with Gasteiger partial charge in [0.15, 0.2) is 0 Å². The van der Waals surface area contributed by atoms with E-state index in [1.54, 1.807) is 0 Å². The molecule has 1 nitrogen and oxygen atoms in total. The summed E-state index contributed by atoms with van der Waals surface area (Å²) in [6.45, 7) is 2.34. The first kappa shape index (κ1) is 12.2. The van der Waals surface area contributed by atoms with Crippen molar-refractivity contribution in [2.24, 2.45) is 0 Å². The molecule has 0 spiro atoms. The Morgan fingerprint density at radius 2 is 1.92 bits per heavy atom. The van der Waals surface area contributed by atoms with Gasteiger partial charge in [-0.3, -0.25) is 0 Å². The molecule has 0 saturated heterocycles. The third-order valence-corrected chi connectivity index (χ3v) is 1.98. The Balaban J connectivity index is 0. The number of aliphatic hydroxyl groups is 1. The van der Waals surface area contributed by atoms with E-state index in [-0.39, 0.29) is 37.6 Å². The number of rotatable bonds is 3. The Hall–Kier alpha value is 0.180. The van der Waals surface area contributed by atoms with Gasteiger partial charge in [-0.15, -0.1) is 0 Å². The molecule has 0 saturated carbocycles. The maximum Gasteiger partial charge on any atom is 1.00 e. The van der Waals surface area contributed by atoms with Crippen molar-refractivity contribution >= 4 is 0 Å². The van der Waals surface area contributed by atoms with E-state index in [9.17, 15) is 0 Å². The molecule has 1 N–H and O–H groups in total. The van der Waals surface area contributed by atoms with Gasteiger partial charge in [0, 0.05) is 12.5 Å². The molecule has 0 amide bonds. The van der Waals surface area contributed by atoms with Gasteiger partial charge in [0.05, 0.1) is 0 Å². The van der Waals surface area contributed by atoms with E-state index in [1.165, 1.54) is 5.56 Å². The summed E-state index contributed by atoms with van der Waals surface area (Å²) in [6, 6.07) is 10.1. The molecule has 0 heterocycles. The summed E-state index contributed by atoms with van der Waals surface area (Å²) in [7, 11) is 0. The van der Waals surface area contributed by atoms with Crippen LogP contribution in [0.1, 0.15) is 26.3 Å². The van der Waals surface area contributed by atoms with E-state index in [0.29, 0.717) is 5.92 Å². The van der Waals surface area contributed by atoms with Gasteiger partial charge in [-0.05, 0) is 12.0 Å². The molecule has 1 unspecified atom stereocenters. The van der Waals surface area contributed by atoms with Crippen LogP contribution in [0.4, 0.5) is 0 Å². The van der Waals surface area contributed by atoms with Gasteiger partial charge in [-0.25, -0.2) is 0 Å². The standard InChI is InChI=1S/C10H14O.Na.H/c1-2-9(8-11)10-6-4-3-5-7-10;;/h3-7,9,11H,2,8H2,1H3;;/q;+1;-1. The summed E-state index contributed by atoms with van der Waals surface area (Å²) in [5, 5.41) is 8.98. The Bertz CT molecular complexity index is 199. The van der Waals surface area contributed by atoms with Gasteiger partial charge in [-0.2, -0.15) is 0 Å². The maximum atomic E-state index is 8.98. The van der Waals surface area contributed by atoms with E-state index in [2.05, 4.69) is 19.1 Å². The second-order valence-electron chi connectivity index (χ2n) is 2.70. The molecule has 0 aliphatic carbocycles. The molecule has 0 bridgehead atoms. The van der Waals surface area contributed by atoms with Crippen LogP contribution in [-0.4, -0.2) is 11.7 Å². The van der Waals surface area contributed by atoms with Crippen molar-refractivity contribution in [2.45, 2.75) is 19.3 Å². The molecule has 0 aromatic heterocycles. The van der Waals surface area contributed by atoms with E-state index < -0.39 is 0 Å². The zero-order valence-corrected chi connectivity index (χ0v) is 9.83. The summed E-state index contributed by atoms with van der Waals surface area (Å²) in [4.78, 5) is 0. The molecule has 1 aromatic rings. The molecule has 62 valence electrons. The monoisotopic (exact) mass is 174 g/mol. The maximum absolute atomic E-state index is 8.98. The summed E-state index contributed by atoms with van der Waals surface area (Å²) < 4.78 is 0. The molecule has 0 aliphatic heterocycles. The normalized spacial score (nSPS) is 11.8. The fraction of sp³-hybridized carbons (Fsp3) is 0.400. The van der Waals surface area contributed by atoms with Crippen molar-refractivity contribution in [2.75, 3.05) is 6.61 Å². The first-order valence-electron chi connectivity index (χ1n) is 4.04. The van der Waals surface area contributed by atoms with Crippen LogP contribution < -0.4 is 29.6 Å². The summed E-state index contributed by atoms with van der Waals surface area (Å²) in [5.41, 5.74) is 1.23. The van der Waals surface area contributed by atoms with E-state index >= 15 is 0 Å². The van der Waals surface area contributed by atoms with Crippen LogP contribution in [0, 0.1) is 0 Å². The fourth-order valence-corrected chi connectivity index (χ4v) is 1.20. The van der Waals surface area contributed by atoms with Crippen LogP contribution in [-0.2, 0) is 0 Å². The van der Waals surface area contributed by atoms with Crippen LogP contribution in [0.15, 0.2) is 30.3 Å². The quantitative estimate of drug-likeness (QED) is 0.600. The second kappa shape index (κ2) is 6.67. The molecule has 12 heavy (non-hydrogen) atoms. The SMILES string of the molecule is CCC(CO)c1ccccc1.[H-].[Na+]. The average molecular weight is 174 g/mol. The summed E-state index contributed by atoms with van der Waals surface area (Å²) in [5.74, 6) is 0.316. The van der Waals surface area contributed by atoms with Gasteiger partial charge >= 0.3 is 29.6 Å². The number of hydrogen-bond donors (Lipinski definition) is 1. The van der Waals surface area contributed by atoms with Crippen molar-refractivity contribution in [3.8, 4) is 0 Å². The Morgan fingerprint density at radius 3 is 2.33 bits per heavy atom. The average Bonchev–Trinajstić information content (AvgIpc) is 2.09. The van der Waals surface area contributed by atoms with Crippen molar-refractivity contribution in [3.05, 3.63) is 35.9 Å². The molecule has 1 aromatic carbocycles. The zero-order valence-electron chi connectivity index (χ0n) is 8.83. The first-order valence-corrected chi connectivity index (χ1v) is 4.04. The third-order valence-electron chi connectivity index (χ3n) is 1.98. The number of hydrogen-bond acceptors (Lipinski definition) is 1. The predicted molar refractivity (Wildman–Crippen MR) is 47.7 cm³/mol. The van der Waals surface area contributed by atoms with Crippen LogP contribution in [0.25, 0.3) is 0 Å². The van der Waals surface area contributed by atoms with Gasteiger partial charge < -0.3 is 6.53 Å². The predicted octanol–water partition coefficient (Wildman–Crippen LogP) is -0.711. The molecule has 0 radical (unpaired) electrons. The van der Waals surface area contributed by atoms with Gasteiger partial charge in [0.2, 0.25) is 0 Å². The van der Waals surface area contributed by atoms with Crippen LogP contribution in [0.5, 0.6) is 0 Å². The summed E-state index contributed by atoms with van der Waals surface area (Å²) >= 11 is 0. The minimum atomic E-state index is 0. The van der Waals surface area contributed by atoms with E-state index in [4.69, 9.17) is 5.11 Å². The topological polar surface area (TPSA) is 20.2 Å². The Labute approximate surface area is 97.6 Å². The number of aliphatic hydroxyl groups excluding tert-OH is 1. The zero-order chi connectivity index (χ0) is 8.10. The Kier molecular flexibility index (Phi) is 6.77. The Morgan fingerprint density at radius 1 is 1.33 bits per heavy atom. The molecule has 1 atom stereocenters. The van der Waals surface area contributed by atoms with Crippen molar-refractivity contribution in [1.29, 1.82) is 0 Å². The third kappa shape index (κ3) is 3.28. The van der Waals surface area contributed by atoms with Crippen LogP contribution >= 0.6 is 0 Å². The first-order chi connectivity index (χ1) is 5.38. The summed E-state index contributed by atoms with van der Waals surface area (Å²) in [6.07, 6.45) is 1.00. The number of benzene rings is 1. The van der Waals surface area contributed by atoms with Crippen molar-refractivity contribution in [1.82, 2.24) is 0 Å². The van der Waals surface area contributed by atoms with Gasteiger partial charge in [0.25, 0.3) is 0 Å². The molecule has 2 heteroatoms. The molecule has 0 fully saturated rings. The molecule has 0 aliphatic rings. The minimum absolute atomic E-state index is 0. The smallest absolute Gasteiger partial charge is 1.00 e. The van der Waals surface area contributed by atoms with E-state index in [0.717, 1.165) is 6.42 Å². The van der Waals surface area contributed by atoms with Crippen LogP contribution in [0.2, 0.25) is 0 Å². The van der Waals surface area contributed by atoms with Crippen molar-refractivity contribution < 1.29 is 36.1 Å². The molecule has 1 rings (SSSR count). The van der Waals surface area contributed by atoms with Gasteiger partial charge in [0.1, 0.15) is 0 Å². The molecular weight excluding hydrogens is 159 g/mol. The fourth-order valence-electron chi connectivity index (χ4n) is 1.20. The second-order valence-corrected chi connectivity index (χ2v) is 2.70. The largest absolute Gasteiger partial charge is 1.00 e. The van der Waals surface area contributed by atoms with Gasteiger partial charge in [-0.1, -0.05) is 37.3 Å².